The molecule has 2 aromatic carbocycles. The zero-order chi connectivity index (χ0) is 17.3. The first-order chi connectivity index (χ1) is 11.5. The molecule has 7 heteroatoms. The number of hydrogen-bond acceptors (Lipinski definition) is 4. The van der Waals surface area contributed by atoms with E-state index in [9.17, 15) is 4.79 Å². The molecule has 0 radical (unpaired) electrons. The Morgan fingerprint density at radius 3 is 2.67 bits per heavy atom. The number of benzene rings is 2. The zero-order valence-electron chi connectivity index (χ0n) is 12.5. The molecule has 1 saturated heterocycles. The van der Waals surface area contributed by atoms with Gasteiger partial charge in [-0.1, -0.05) is 71.4 Å². The molecule has 0 bridgehead atoms. The second kappa shape index (κ2) is 7.15. The maximum absolute atomic E-state index is 11.9. The van der Waals surface area contributed by atoms with E-state index in [1.807, 2.05) is 37.3 Å². The molecule has 0 aromatic heterocycles. The second-order valence-corrected chi connectivity index (χ2v) is 7.62. The fraction of sp³-hybridized carbons (Fsp3) is 0.0588. The van der Waals surface area contributed by atoms with Crippen LogP contribution in [0.1, 0.15) is 11.1 Å². The smallest absolute Gasteiger partial charge is 0.263 e. The first-order valence-electron chi connectivity index (χ1n) is 7.01. The van der Waals surface area contributed by atoms with Gasteiger partial charge >= 0.3 is 0 Å². The lowest BCUT2D eigenvalue weighted by atomic mass is 10.1. The largest absolute Gasteiger partial charge is 0.353 e. The summed E-state index contributed by atoms with van der Waals surface area (Å²) in [6, 6.07) is 11.3. The van der Waals surface area contributed by atoms with Crippen molar-refractivity contribution in [3.63, 3.8) is 0 Å². The van der Waals surface area contributed by atoms with Gasteiger partial charge in [-0.15, -0.1) is 0 Å². The number of aryl methyl sites for hydroxylation is 1. The summed E-state index contributed by atoms with van der Waals surface area (Å²) < 4.78 is 0.460. The van der Waals surface area contributed by atoms with Crippen LogP contribution in [0.2, 0.25) is 10.0 Å². The molecule has 1 heterocycles. The van der Waals surface area contributed by atoms with Crippen LogP contribution >= 0.6 is 47.2 Å². The van der Waals surface area contributed by atoms with Crippen molar-refractivity contribution in [3.8, 4) is 0 Å². The predicted octanol–water partition coefficient (Wildman–Crippen LogP) is 5.53. The highest BCUT2D eigenvalue weighted by atomic mass is 35.5. The van der Waals surface area contributed by atoms with Crippen LogP contribution in [0.5, 0.6) is 0 Å². The molecular weight excluding hydrogens is 383 g/mol. The summed E-state index contributed by atoms with van der Waals surface area (Å²) in [6.07, 6.45) is 1.79. The molecule has 0 spiro atoms. The van der Waals surface area contributed by atoms with E-state index in [0.717, 1.165) is 16.8 Å². The van der Waals surface area contributed by atoms with Crippen molar-refractivity contribution >= 4 is 74.9 Å². The molecule has 0 saturated carbocycles. The van der Waals surface area contributed by atoms with Crippen molar-refractivity contribution in [2.45, 2.75) is 6.92 Å². The number of nitrogens with one attached hydrogen (secondary N) is 2. The Morgan fingerprint density at radius 2 is 1.96 bits per heavy atom. The van der Waals surface area contributed by atoms with Crippen LogP contribution in [0, 0.1) is 6.92 Å². The third-order valence-electron chi connectivity index (χ3n) is 3.43. The molecule has 1 aliphatic heterocycles. The number of para-hydroxylation sites is 1. The number of hydrogen-bond donors (Lipinski definition) is 2. The molecule has 3 rings (SSSR count). The molecule has 3 nitrogen and oxygen atoms in total. The Balaban J connectivity index is 2.00. The lowest BCUT2D eigenvalue weighted by molar-refractivity contribution is -0.115. The SMILES string of the molecule is Cc1ccc(Cl)c(Nc2ccccc2/C=C2\SC(=S)NC2=O)c1Cl. The number of thiocarbonyl (C=S) groups is 1. The minimum atomic E-state index is -0.188. The van der Waals surface area contributed by atoms with E-state index in [1.165, 1.54) is 11.8 Å². The van der Waals surface area contributed by atoms with Crippen LogP contribution in [0.3, 0.4) is 0 Å². The lowest BCUT2D eigenvalue weighted by Gasteiger charge is -2.14. The molecule has 24 heavy (non-hydrogen) atoms. The number of anilines is 2. The Hall–Kier alpha value is -1.53. The molecule has 2 aromatic rings. The van der Waals surface area contributed by atoms with Crippen LogP contribution in [0.15, 0.2) is 41.3 Å². The predicted molar refractivity (Wildman–Crippen MR) is 107 cm³/mol. The molecule has 122 valence electrons. The third kappa shape index (κ3) is 3.59. The standard InChI is InChI=1S/C17H12Cl2N2OS2/c1-9-6-7-11(18)15(14(9)19)20-12-5-3-2-4-10(12)8-13-16(22)21-17(23)24-13/h2-8,20H,1H3,(H,21,22,23)/b13-8-. The summed E-state index contributed by atoms with van der Waals surface area (Å²) in [5.41, 5.74) is 3.21. The van der Waals surface area contributed by atoms with Crippen molar-refractivity contribution in [1.29, 1.82) is 0 Å². The summed E-state index contributed by atoms with van der Waals surface area (Å²) >= 11 is 18.9. The summed E-state index contributed by atoms with van der Waals surface area (Å²) in [6.45, 7) is 1.91. The number of halogens is 2. The maximum Gasteiger partial charge on any atom is 0.263 e. The minimum absolute atomic E-state index is 0.188. The molecule has 2 N–H and O–H groups in total. The van der Waals surface area contributed by atoms with Gasteiger partial charge < -0.3 is 10.6 Å². The Labute approximate surface area is 159 Å². The van der Waals surface area contributed by atoms with E-state index in [4.69, 9.17) is 35.4 Å². The van der Waals surface area contributed by atoms with E-state index < -0.39 is 0 Å². The fourth-order valence-electron chi connectivity index (χ4n) is 2.20. The molecule has 0 unspecified atom stereocenters. The van der Waals surface area contributed by atoms with Gasteiger partial charge in [0.25, 0.3) is 5.91 Å². The number of amides is 1. The van der Waals surface area contributed by atoms with Gasteiger partial charge in [-0.2, -0.15) is 0 Å². The number of carbonyl (C=O) groups is 1. The average Bonchev–Trinajstić information content (AvgIpc) is 2.87. The van der Waals surface area contributed by atoms with Crippen molar-refractivity contribution < 1.29 is 4.79 Å². The monoisotopic (exact) mass is 394 g/mol. The van der Waals surface area contributed by atoms with E-state index in [2.05, 4.69) is 10.6 Å². The lowest BCUT2D eigenvalue weighted by Crippen LogP contribution is -2.17. The molecule has 1 fully saturated rings. The first kappa shape index (κ1) is 17.3. The fourth-order valence-corrected chi connectivity index (χ4v) is 3.71. The quantitative estimate of drug-likeness (QED) is 0.529. The number of rotatable bonds is 3. The summed E-state index contributed by atoms with van der Waals surface area (Å²) in [7, 11) is 0. The third-order valence-corrected chi connectivity index (χ3v) is 5.40. The van der Waals surface area contributed by atoms with E-state index in [0.29, 0.717) is 25.0 Å². The van der Waals surface area contributed by atoms with Gasteiger partial charge in [0.1, 0.15) is 4.32 Å². The minimum Gasteiger partial charge on any atom is -0.353 e. The highest BCUT2D eigenvalue weighted by molar-refractivity contribution is 8.26. The van der Waals surface area contributed by atoms with Crippen molar-refractivity contribution in [1.82, 2.24) is 5.32 Å². The van der Waals surface area contributed by atoms with Crippen LogP contribution < -0.4 is 10.6 Å². The summed E-state index contributed by atoms with van der Waals surface area (Å²) in [4.78, 5) is 12.4. The first-order valence-corrected chi connectivity index (χ1v) is 8.99. The molecular formula is C17H12Cl2N2OS2. The van der Waals surface area contributed by atoms with Crippen LogP contribution in [0.25, 0.3) is 6.08 Å². The summed E-state index contributed by atoms with van der Waals surface area (Å²) in [5.74, 6) is -0.188. The van der Waals surface area contributed by atoms with E-state index >= 15 is 0 Å². The van der Waals surface area contributed by atoms with Gasteiger partial charge in [0.05, 0.1) is 20.6 Å². The van der Waals surface area contributed by atoms with Crippen molar-refractivity contribution in [2.75, 3.05) is 5.32 Å². The van der Waals surface area contributed by atoms with Crippen LogP contribution in [0.4, 0.5) is 11.4 Å². The van der Waals surface area contributed by atoms with Crippen molar-refractivity contribution in [3.05, 3.63) is 62.5 Å². The Kier molecular flexibility index (Phi) is 5.15. The van der Waals surface area contributed by atoms with Gasteiger partial charge in [0.2, 0.25) is 0 Å². The van der Waals surface area contributed by atoms with E-state index in [-0.39, 0.29) is 5.91 Å². The molecule has 0 atom stereocenters. The highest BCUT2D eigenvalue weighted by Gasteiger charge is 2.22. The van der Waals surface area contributed by atoms with E-state index in [1.54, 1.807) is 12.1 Å². The van der Waals surface area contributed by atoms with Gasteiger partial charge in [0, 0.05) is 5.69 Å². The Bertz CT molecular complexity index is 881. The topological polar surface area (TPSA) is 41.1 Å². The van der Waals surface area contributed by atoms with Gasteiger partial charge in [-0.3, -0.25) is 4.79 Å². The van der Waals surface area contributed by atoms with Crippen LogP contribution in [-0.4, -0.2) is 10.2 Å². The zero-order valence-corrected chi connectivity index (χ0v) is 15.7. The maximum atomic E-state index is 11.9. The van der Waals surface area contributed by atoms with Gasteiger partial charge in [0.15, 0.2) is 0 Å². The van der Waals surface area contributed by atoms with Gasteiger partial charge in [-0.25, -0.2) is 0 Å². The van der Waals surface area contributed by atoms with Crippen LogP contribution in [-0.2, 0) is 4.79 Å². The highest BCUT2D eigenvalue weighted by Crippen LogP contribution is 2.37. The number of carbonyl (C=O) groups excluding carboxylic acids is 1. The number of thioether (sulfide) groups is 1. The normalized spacial score (nSPS) is 15.7. The molecule has 1 aliphatic rings. The Morgan fingerprint density at radius 1 is 1.21 bits per heavy atom. The summed E-state index contributed by atoms with van der Waals surface area (Å²) in [5, 5.41) is 6.97. The van der Waals surface area contributed by atoms with Gasteiger partial charge in [-0.05, 0) is 36.3 Å². The molecule has 1 amide bonds. The second-order valence-electron chi connectivity index (χ2n) is 5.12. The molecule has 0 aliphatic carbocycles. The van der Waals surface area contributed by atoms with Crippen molar-refractivity contribution in [2.24, 2.45) is 0 Å². The average molecular weight is 395 g/mol.